The summed E-state index contributed by atoms with van der Waals surface area (Å²) < 4.78 is 5.66. The van der Waals surface area contributed by atoms with Gasteiger partial charge in [0.05, 0.1) is 0 Å². The highest BCUT2D eigenvalue weighted by Crippen LogP contribution is 2.68. The van der Waals surface area contributed by atoms with Crippen molar-refractivity contribution in [3.8, 4) is 0 Å². The van der Waals surface area contributed by atoms with E-state index in [-0.39, 0.29) is 12.1 Å². The fraction of sp³-hybridized carbons (Fsp3) is 0.967. The molecule has 0 N–H and O–H groups in total. The Morgan fingerprint density at radius 2 is 1.56 bits per heavy atom. The van der Waals surface area contributed by atoms with Gasteiger partial charge in [-0.3, -0.25) is 4.79 Å². The number of hydrogen-bond acceptors (Lipinski definition) is 2. The van der Waals surface area contributed by atoms with Crippen LogP contribution in [0.2, 0.25) is 0 Å². The monoisotopic (exact) mass is 444 g/mol. The van der Waals surface area contributed by atoms with E-state index in [1.165, 1.54) is 57.8 Å². The Kier molecular flexibility index (Phi) is 7.11. The van der Waals surface area contributed by atoms with Crippen LogP contribution in [0.3, 0.4) is 0 Å². The smallest absolute Gasteiger partial charge is 0.302 e. The Balaban J connectivity index is 1.43. The lowest BCUT2D eigenvalue weighted by Gasteiger charge is -2.61. The quantitative estimate of drug-likeness (QED) is 0.385. The van der Waals surface area contributed by atoms with Gasteiger partial charge in [-0.05, 0) is 116 Å². The molecule has 32 heavy (non-hydrogen) atoms. The zero-order valence-electron chi connectivity index (χ0n) is 22.3. The van der Waals surface area contributed by atoms with Crippen molar-refractivity contribution >= 4 is 5.97 Å². The van der Waals surface area contributed by atoms with Gasteiger partial charge >= 0.3 is 5.97 Å². The molecule has 0 spiro atoms. The summed E-state index contributed by atoms with van der Waals surface area (Å²) in [7, 11) is 0. The maximum atomic E-state index is 11.5. The Bertz CT molecular complexity index is 670. The number of rotatable bonds is 6. The molecule has 184 valence electrons. The molecule has 0 aromatic carbocycles. The molecule has 4 aliphatic rings. The van der Waals surface area contributed by atoms with Gasteiger partial charge in [0, 0.05) is 6.92 Å². The first-order chi connectivity index (χ1) is 15.1. The second-order valence-electron chi connectivity index (χ2n) is 13.7. The summed E-state index contributed by atoms with van der Waals surface area (Å²) in [6, 6.07) is 0. The number of ether oxygens (including phenoxy) is 1. The van der Waals surface area contributed by atoms with Crippen molar-refractivity contribution in [2.45, 2.75) is 125 Å². The predicted molar refractivity (Wildman–Crippen MR) is 133 cm³/mol. The summed E-state index contributed by atoms with van der Waals surface area (Å²) in [4.78, 5) is 11.5. The van der Waals surface area contributed by atoms with Gasteiger partial charge < -0.3 is 4.74 Å². The number of carbonyl (C=O) groups excluding carboxylic acids is 1. The average molecular weight is 445 g/mol. The van der Waals surface area contributed by atoms with Crippen molar-refractivity contribution in [3.05, 3.63) is 0 Å². The zero-order chi connectivity index (χ0) is 23.3. The van der Waals surface area contributed by atoms with Gasteiger partial charge in [-0.25, -0.2) is 0 Å². The van der Waals surface area contributed by atoms with E-state index in [0.29, 0.717) is 10.8 Å². The Hall–Kier alpha value is -0.530. The van der Waals surface area contributed by atoms with Crippen LogP contribution in [-0.4, -0.2) is 12.1 Å². The molecule has 0 aromatic heterocycles. The van der Waals surface area contributed by atoms with Crippen LogP contribution in [0.1, 0.15) is 119 Å². The fourth-order valence-electron chi connectivity index (χ4n) is 9.60. The molecule has 0 bridgehead atoms. The molecular formula is C30H52O2. The molecule has 4 rings (SSSR count). The maximum Gasteiger partial charge on any atom is 0.302 e. The van der Waals surface area contributed by atoms with Crippen LogP contribution < -0.4 is 0 Å². The van der Waals surface area contributed by atoms with Crippen LogP contribution in [0.15, 0.2) is 0 Å². The van der Waals surface area contributed by atoms with Crippen molar-refractivity contribution in [2.24, 2.45) is 58.2 Å². The van der Waals surface area contributed by atoms with Crippen LogP contribution in [0, 0.1) is 58.2 Å². The first kappa shape index (κ1) is 24.6. The van der Waals surface area contributed by atoms with Crippen molar-refractivity contribution in [1.82, 2.24) is 0 Å². The van der Waals surface area contributed by atoms with Crippen molar-refractivity contribution < 1.29 is 9.53 Å². The van der Waals surface area contributed by atoms with Gasteiger partial charge in [-0.1, -0.05) is 54.4 Å². The lowest BCUT2D eigenvalue weighted by Crippen LogP contribution is -2.54. The minimum atomic E-state index is -0.0883. The molecule has 4 aliphatic carbocycles. The lowest BCUT2D eigenvalue weighted by molar-refractivity contribution is -0.160. The summed E-state index contributed by atoms with van der Waals surface area (Å²) in [5.74, 6) is 6.99. The van der Waals surface area contributed by atoms with E-state index < -0.39 is 0 Å². The number of fused-ring (bicyclic) bond motifs is 5. The molecule has 2 nitrogen and oxygen atoms in total. The standard InChI is InChI=1S/C30H52O2/c1-19(2)20(3)8-9-21(4)26-12-13-27-25-11-10-23-18-24(32-22(5)31)14-16-29(23,6)28(25)15-17-30(26,27)7/h19-21,23-28H,8-18H2,1-7H3/t20-,21-,23+,24-,25+,26-,27-,28-,29+,30+/m1/s1. The minimum absolute atomic E-state index is 0.0883. The highest BCUT2D eigenvalue weighted by atomic mass is 16.5. The second-order valence-corrected chi connectivity index (χ2v) is 13.7. The van der Waals surface area contributed by atoms with Crippen LogP contribution in [0.5, 0.6) is 0 Å². The highest BCUT2D eigenvalue weighted by Gasteiger charge is 2.60. The van der Waals surface area contributed by atoms with Gasteiger partial charge in [0.15, 0.2) is 0 Å². The Morgan fingerprint density at radius 3 is 2.25 bits per heavy atom. The SMILES string of the molecule is CC(=O)O[C@@H]1CC[C@@]2(C)[C@@H](CC[C@H]3[C@H]4CC[C@H]([C@H](C)CC[C@@H](C)C(C)C)[C@]4(C)CC[C@H]32)C1. The Labute approximate surface area is 199 Å². The van der Waals surface area contributed by atoms with Gasteiger partial charge in [0.25, 0.3) is 0 Å². The molecule has 10 atom stereocenters. The topological polar surface area (TPSA) is 26.3 Å². The molecule has 0 amide bonds. The summed E-state index contributed by atoms with van der Waals surface area (Å²) in [6.45, 7) is 16.7. The van der Waals surface area contributed by atoms with Gasteiger partial charge in [0.2, 0.25) is 0 Å². The van der Waals surface area contributed by atoms with Crippen LogP contribution >= 0.6 is 0 Å². The van der Waals surface area contributed by atoms with Crippen LogP contribution in [0.25, 0.3) is 0 Å². The van der Waals surface area contributed by atoms with Crippen molar-refractivity contribution in [3.63, 3.8) is 0 Å². The van der Waals surface area contributed by atoms with E-state index in [4.69, 9.17) is 4.74 Å². The Morgan fingerprint density at radius 1 is 0.875 bits per heavy atom. The fourth-order valence-corrected chi connectivity index (χ4v) is 9.60. The van der Waals surface area contributed by atoms with Crippen molar-refractivity contribution in [2.75, 3.05) is 0 Å². The third-order valence-electron chi connectivity index (χ3n) is 11.9. The molecule has 2 heteroatoms. The normalized spacial score (nSPS) is 45.5. The number of carbonyl (C=O) groups is 1. The van der Waals surface area contributed by atoms with Crippen LogP contribution in [0.4, 0.5) is 0 Å². The molecule has 0 saturated heterocycles. The number of hydrogen-bond donors (Lipinski definition) is 0. The van der Waals surface area contributed by atoms with Crippen LogP contribution in [-0.2, 0) is 9.53 Å². The van der Waals surface area contributed by atoms with E-state index in [0.717, 1.165) is 60.2 Å². The first-order valence-electron chi connectivity index (χ1n) is 14.2. The molecule has 0 heterocycles. The highest BCUT2D eigenvalue weighted by molar-refractivity contribution is 5.66. The average Bonchev–Trinajstić information content (AvgIpc) is 3.08. The lowest BCUT2D eigenvalue weighted by atomic mass is 9.44. The first-order valence-corrected chi connectivity index (χ1v) is 14.2. The van der Waals surface area contributed by atoms with Crippen molar-refractivity contribution in [1.29, 1.82) is 0 Å². The third-order valence-corrected chi connectivity index (χ3v) is 11.9. The molecular weight excluding hydrogens is 392 g/mol. The number of esters is 1. The molecule has 0 aliphatic heterocycles. The van der Waals surface area contributed by atoms with Gasteiger partial charge in [0.1, 0.15) is 6.10 Å². The summed E-state index contributed by atoms with van der Waals surface area (Å²) >= 11 is 0. The van der Waals surface area contributed by atoms with E-state index in [1.807, 2.05) is 0 Å². The van der Waals surface area contributed by atoms with E-state index in [2.05, 4.69) is 41.5 Å². The van der Waals surface area contributed by atoms with Gasteiger partial charge in [-0.15, -0.1) is 0 Å². The molecule has 4 saturated carbocycles. The minimum Gasteiger partial charge on any atom is -0.463 e. The third kappa shape index (κ3) is 4.31. The molecule has 4 fully saturated rings. The van der Waals surface area contributed by atoms with E-state index >= 15 is 0 Å². The largest absolute Gasteiger partial charge is 0.463 e. The zero-order valence-corrected chi connectivity index (χ0v) is 22.3. The van der Waals surface area contributed by atoms with E-state index in [1.54, 1.807) is 6.92 Å². The second kappa shape index (κ2) is 9.26. The predicted octanol–water partition coefficient (Wildman–Crippen LogP) is 8.29. The summed E-state index contributed by atoms with van der Waals surface area (Å²) in [5.41, 5.74) is 1.07. The summed E-state index contributed by atoms with van der Waals surface area (Å²) in [6.07, 6.45) is 15.2. The summed E-state index contributed by atoms with van der Waals surface area (Å²) in [5, 5.41) is 0. The van der Waals surface area contributed by atoms with Gasteiger partial charge in [-0.2, -0.15) is 0 Å². The van der Waals surface area contributed by atoms with E-state index in [9.17, 15) is 4.79 Å². The maximum absolute atomic E-state index is 11.5. The molecule has 0 aromatic rings. The molecule has 0 unspecified atom stereocenters. The molecule has 0 radical (unpaired) electrons.